The highest BCUT2D eigenvalue weighted by Crippen LogP contribution is 2.39. The Morgan fingerprint density at radius 1 is 1.21 bits per heavy atom. The molecule has 1 heterocycles. The van der Waals surface area contributed by atoms with E-state index in [9.17, 15) is 14.7 Å². The first-order valence-electron chi connectivity index (χ1n) is 10.2. The maximum atomic E-state index is 11.8. The van der Waals surface area contributed by atoms with Crippen LogP contribution in [0.4, 0.5) is 0 Å². The largest absolute Gasteiger partial charge is 0.481 e. The number of nitrogens with zero attached hydrogens (tertiary/aromatic N) is 1. The maximum absolute atomic E-state index is 11.8. The summed E-state index contributed by atoms with van der Waals surface area (Å²) in [5.74, 6) is -1.26. The van der Waals surface area contributed by atoms with Crippen LogP contribution in [0.3, 0.4) is 0 Å². The van der Waals surface area contributed by atoms with Crippen molar-refractivity contribution in [1.82, 2.24) is 4.90 Å². The molecule has 1 aliphatic rings. The van der Waals surface area contributed by atoms with Gasteiger partial charge in [0, 0.05) is 18.7 Å². The normalized spacial score (nSPS) is 23.4. The number of likely N-dealkylation sites (tertiary alicyclic amines) is 1. The lowest BCUT2D eigenvalue weighted by atomic mass is 9.67. The van der Waals surface area contributed by atoms with E-state index in [4.69, 9.17) is 5.73 Å². The fraction of sp³-hybridized carbons (Fsp3) is 0.417. The fourth-order valence-corrected chi connectivity index (χ4v) is 4.38. The minimum Gasteiger partial charge on any atom is -0.481 e. The number of nitrogens with two attached hydrogens (primary N) is 1. The van der Waals surface area contributed by atoms with Crippen LogP contribution in [0.2, 0.25) is 0 Å². The van der Waals surface area contributed by atoms with E-state index in [2.05, 4.69) is 24.8 Å². The van der Waals surface area contributed by atoms with Crippen LogP contribution in [-0.4, -0.2) is 41.5 Å². The van der Waals surface area contributed by atoms with Crippen LogP contribution < -0.4 is 5.73 Å². The summed E-state index contributed by atoms with van der Waals surface area (Å²) in [6.45, 7) is 6.64. The molecule has 0 aliphatic carbocycles. The number of amides is 1. The van der Waals surface area contributed by atoms with E-state index < -0.39 is 17.8 Å². The van der Waals surface area contributed by atoms with E-state index in [1.807, 2.05) is 42.5 Å². The third-order valence-corrected chi connectivity index (χ3v) is 6.53. The van der Waals surface area contributed by atoms with Crippen molar-refractivity contribution in [3.8, 4) is 0 Å². The number of primary amides is 1. The lowest BCUT2D eigenvalue weighted by Gasteiger charge is -2.45. The standard InChI is InChI=1S/C24H30N2O3/c1-17-15-26(16-20(23(28)29)13-18-7-4-3-5-8-18)12-11-24(17,2)21-10-6-9-19(14-21)22(25)27/h3-10,14,17,20H,11-13,15-16H2,1-2H3,(H2,25,27)(H,28,29)/t17-,20-,24?/m0/s1. The van der Waals surface area contributed by atoms with Crippen LogP contribution in [0.1, 0.15) is 41.8 Å². The van der Waals surface area contributed by atoms with E-state index in [0.717, 1.165) is 30.6 Å². The van der Waals surface area contributed by atoms with E-state index in [-0.39, 0.29) is 5.41 Å². The van der Waals surface area contributed by atoms with Gasteiger partial charge in [0.15, 0.2) is 0 Å². The number of hydrogen-bond acceptors (Lipinski definition) is 3. The fourth-order valence-electron chi connectivity index (χ4n) is 4.38. The van der Waals surface area contributed by atoms with Gasteiger partial charge in [0.05, 0.1) is 5.92 Å². The highest BCUT2D eigenvalue weighted by molar-refractivity contribution is 5.92. The molecule has 29 heavy (non-hydrogen) atoms. The van der Waals surface area contributed by atoms with Gasteiger partial charge in [0.1, 0.15) is 0 Å². The van der Waals surface area contributed by atoms with Crippen molar-refractivity contribution >= 4 is 11.9 Å². The van der Waals surface area contributed by atoms with Crippen LogP contribution in [-0.2, 0) is 16.6 Å². The highest BCUT2D eigenvalue weighted by Gasteiger charge is 2.39. The summed E-state index contributed by atoms with van der Waals surface area (Å²) < 4.78 is 0. The molecule has 3 atom stereocenters. The Balaban J connectivity index is 1.69. The molecule has 0 saturated carbocycles. The minimum atomic E-state index is -0.746. The van der Waals surface area contributed by atoms with Gasteiger partial charge in [-0.05, 0) is 54.0 Å². The van der Waals surface area contributed by atoms with Gasteiger partial charge in [-0.2, -0.15) is 0 Å². The van der Waals surface area contributed by atoms with Crippen molar-refractivity contribution in [2.24, 2.45) is 17.6 Å². The molecule has 5 nitrogen and oxygen atoms in total. The van der Waals surface area contributed by atoms with E-state index in [1.54, 1.807) is 6.07 Å². The predicted molar refractivity (Wildman–Crippen MR) is 114 cm³/mol. The van der Waals surface area contributed by atoms with Crippen LogP contribution >= 0.6 is 0 Å². The average molecular weight is 395 g/mol. The first-order chi connectivity index (χ1) is 13.8. The van der Waals surface area contributed by atoms with Crippen molar-refractivity contribution in [2.45, 2.75) is 32.1 Å². The van der Waals surface area contributed by atoms with Gasteiger partial charge < -0.3 is 15.7 Å². The second-order valence-electron chi connectivity index (χ2n) is 8.50. The monoisotopic (exact) mass is 394 g/mol. The molecule has 3 N–H and O–H groups in total. The smallest absolute Gasteiger partial charge is 0.308 e. The number of carboxylic acids is 1. The Morgan fingerprint density at radius 2 is 1.93 bits per heavy atom. The Labute approximate surface area is 172 Å². The van der Waals surface area contributed by atoms with Crippen molar-refractivity contribution in [2.75, 3.05) is 19.6 Å². The van der Waals surface area contributed by atoms with Crippen LogP contribution in [0, 0.1) is 11.8 Å². The lowest BCUT2D eigenvalue weighted by Crippen LogP contribution is -2.49. The van der Waals surface area contributed by atoms with Crippen molar-refractivity contribution < 1.29 is 14.7 Å². The van der Waals surface area contributed by atoms with E-state index in [0.29, 0.717) is 24.4 Å². The average Bonchev–Trinajstić information content (AvgIpc) is 2.71. The molecule has 5 heteroatoms. The summed E-state index contributed by atoms with van der Waals surface area (Å²) in [5, 5.41) is 9.72. The summed E-state index contributed by atoms with van der Waals surface area (Å²) in [5.41, 5.74) is 8.10. The third kappa shape index (κ3) is 4.85. The second-order valence-corrected chi connectivity index (χ2v) is 8.50. The van der Waals surface area contributed by atoms with Gasteiger partial charge >= 0.3 is 5.97 Å². The molecule has 0 aromatic heterocycles. The molecule has 3 rings (SSSR count). The molecule has 1 fully saturated rings. The first-order valence-corrected chi connectivity index (χ1v) is 10.2. The minimum absolute atomic E-state index is 0.0693. The molecule has 1 unspecified atom stereocenters. The summed E-state index contributed by atoms with van der Waals surface area (Å²) in [4.78, 5) is 25.7. The zero-order chi connectivity index (χ0) is 21.0. The Hall–Kier alpha value is -2.66. The molecule has 1 aliphatic heterocycles. The molecule has 2 aromatic carbocycles. The Bertz CT molecular complexity index is 867. The summed E-state index contributed by atoms with van der Waals surface area (Å²) in [7, 11) is 0. The van der Waals surface area contributed by atoms with Gasteiger partial charge in [-0.25, -0.2) is 0 Å². The van der Waals surface area contributed by atoms with Crippen LogP contribution in [0.5, 0.6) is 0 Å². The van der Waals surface area contributed by atoms with Crippen molar-refractivity contribution in [3.63, 3.8) is 0 Å². The summed E-state index contributed by atoms with van der Waals surface area (Å²) >= 11 is 0. The molecule has 154 valence electrons. The number of carboxylic acid groups (broad SMARTS) is 1. The zero-order valence-electron chi connectivity index (χ0n) is 17.2. The quantitative estimate of drug-likeness (QED) is 0.754. The topological polar surface area (TPSA) is 83.6 Å². The number of hydrogen-bond donors (Lipinski definition) is 2. The maximum Gasteiger partial charge on any atom is 0.308 e. The SMILES string of the molecule is C[C@H]1CN(C[C@H](Cc2ccccc2)C(=O)O)CCC1(C)c1cccc(C(N)=O)c1. The third-order valence-electron chi connectivity index (χ3n) is 6.53. The number of rotatable bonds is 7. The van der Waals surface area contributed by atoms with Crippen molar-refractivity contribution in [3.05, 3.63) is 71.3 Å². The first kappa shape index (κ1) is 21.1. The van der Waals surface area contributed by atoms with Crippen molar-refractivity contribution in [1.29, 1.82) is 0 Å². The Kier molecular flexibility index (Phi) is 6.38. The zero-order valence-corrected chi connectivity index (χ0v) is 17.2. The van der Waals surface area contributed by atoms with Gasteiger partial charge in [-0.15, -0.1) is 0 Å². The number of carbonyl (C=O) groups excluding carboxylic acids is 1. The number of piperidine rings is 1. The Morgan fingerprint density at radius 3 is 2.55 bits per heavy atom. The molecule has 1 amide bonds. The molecule has 2 aromatic rings. The van der Waals surface area contributed by atoms with Gasteiger partial charge in [-0.1, -0.05) is 56.3 Å². The number of aliphatic carboxylic acids is 1. The van der Waals surface area contributed by atoms with E-state index in [1.165, 1.54) is 0 Å². The summed E-state index contributed by atoms with van der Waals surface area (Å²) in [6, 6.07) is 17.4. The molecule has 0 spiro atoms. The molecule has 0 radical (unpaired) electrons. The predicted octanol–water partition coefficient (Wildman–Crippen LogP) is 3.33. The van der Waals surface area contributed by atoms with Gasteiger partial charge in [0.25, 0.3) is 0 Å². The number of benzene rings is 2. The summed E-state index contributed by atoms with van der Waals surface area (Å²) in [6.07, 6.45) is 1.45. The number of carbonyl (C=O) groups is 2. The van der Waals surface area contributed by atoms with E-state index >= 15 is 0 Å². The highest BCUT2D eigenvalue weighted by atomic mass is 16.4. The van der Waals surface area contributed by atoms with Gasteiger partial charge in [-0.3, -0.25) is 9.59 Å². The van der Waals surface area contributed by atoms with Crippen LogP contribution in [0.15, 0.2) is 54.6 Å². The molecule has 0 bridgehead atoms. The lowest BCUT2D eigenvalue weighted by molar-refractivity contribution is -0.142. The van der Waals surface area contributed by atoms with Crippen LogP contribution in [0.25, 0.3) is 0 Å². The molecule has 1 saturated heterocycles. The molecular formula is C24H30N2O3. The molecular weight excluding hydrogens is 364 g/mol. The second kappa shape index (κ2) is 8.78. The van der Waals surface area contributed by atoms with Gasteiger partial charge in [0.2, 0.25) is 5.91 Å².